The Labute approximate surface area is 104 Å². The highest BCUT2D eigenvalue weighted by Crippen LogP contribution is 2.32. The van der Waals surface area contributed by atoms with E-state index >= 15 is 0 Å². The van der Waals surface area contributed by atoms with E-state index in [9.17, 15) is 23.1 Å². The minimum Gasteiger partial charge on any atom is -0.545 e. The highest BCUT2D eigenvalue weighted by atomic mass is 19.4. The molecule has 1 aromatic rings. The first-order valence-electron chi connectivity index (χ1n) is 5.22. The number of carboxylic acids is 1. The van der Waals surface area contributed by atoms with Crippen LogP contribution in [0.25, 0.3) is 0 Å². The minimum absolute atomic E-state index is 0.319. The Kier molecular flexibility index (Phi) is 5.84. The van der Waals surface area contributed by atoms with Crippen molar-refractivity contribution in [3.63, 3.8) is 0 Å². The van der Waals surface area contributed by atoms with Crippen LogP contribution in [0.5, 0.6) is 0 Å². The maximum absolute atomic E-state index is 12.3. The third kappa shape index (κ3) is 5.18. The fraction of sp³-hybridized carbons (Fsp3) is 0.417. The fourth-order valence-electron chi connectivity index (χ4n) is 1.16. The molecule has 0 spiro atoms. The Balaban J connectivity index is 0.000000631. The summed E-state index contributed by atoms with van der Waals surface area (Å²) in [7, 11) is 6.25. The molecule has 0 heterocycles. The van der Waals surface area contributed by atoms with Gasteiger partial charge in [0.25, 0.3) is 0 Å². The molecule has 1 N–H and O–H groups in total. The number of hydrogen-bond donors (Lipinski definition) is 1. The van der Waals surface area contributed by atoms with Crippen molar-refractivity contribution in [3.8, 4) is 0 Å². The van der Waals surface area contributed by atoms with Crippen LogP contribution in [0.15, 0.2) is 18.2 Å². The van der Waals surface area contributed by atoms with Gasteiger partial charge >= 0.3 is 6.18 Å². The zero-order chi connectivity index (χ0) is 14.5. The molecular formula is C12H16F3NO2. The van der Waals surface area contributed by atoms with Gasteiger partial charge in [0.2, 0.25) is 0 Å². The van der Waals surface area contributed by atoms with Gasteiger partial charge in [-0.05, 0) is 18.6 Å². The number of alkyl halides is 3. The molecule has 0 amide bonds. The second kappa shape index (κ2) is 6.39. The monoisotopic (exact) mass is 263 g/mol. The highest BCUT2D eigenvalue weighted by molar-refractivity contribution is 5.88. The van der Waals surface area contributed by atoms with Crippen molar-refractivity contribution in [3.05, 3.63) is 34.9 Å². The van der Waals surface area contributed by atoms with E-state index in [2.05, 4.69) is 21.1 Å². The molecule has 0 aliphatic carbocycles. The van der Waals surface area contributed by atoms with Gasteiger partial charge in [0, 0.05) is 5.56 Å². The van der Waals surface area contributed by atoms with Crippen molar-refractivity contribution in [1.29, 1.82) is 0 Å². The van der Waals surface area contributed by atoms with Crippen LogP contribution in [-0.4, -0.2) is 27.1 Å². The number of benzene rings is 1. The Morgan fingerprint density at radius 1 is 1.22 bits per heavy atom. The van der Waals surface area contributed by atoms with E-state index in [1.54, 1.807) is 0 Å². The summed E-state index contributed by atoms with van der Waals surface area (Å²) in [4.78, 5) is 11.8. The third-order valence-electron chi connectivity index (χ3n) is 1.86. The van der Waals surface area contributed by atoms with E-state index < -0.39 is 23.3 Å². The number of aromatic carboxylic acids is 1. The van der Waals surface area contributed by atoms with Gasteiger partial charge in [-0.25, -0.2) is 0 Å². The largest absolute Gasteiger partial charge is 0.545 e. The average molecular weight is 263 g/mol. The van der Waals surface area contributed by atoms with Gasteiger partial charge in [0.1, 0.15) is 0 Å². The number of quaternary nitrogens is 1. The Hall–Kier alpha value is -1.56. The lowest BCUT2D eigenvalue weighted by molar-refractivity contribution is -0.836. The molecule has 18 heavy (non-hydrogen) atoms. The van der Waals surface area contributed by atoms with Crippen molar-refractivity contribution < 1.29 is 28.0 Å². The van der Waals surface area contributed by atoms with Crippen LogP contribution in [0.3, 0.4) is 0 Å². The van der Waals surface area contributed by atoms with Crippen LogP contribution in [0.4, 0.5) is 13.2 Å². The van der Waals surface area contributed by atoms with E-state index in [1.807, 2.05) is 0 Å². The van der Waals surface area contributed by atoms with Crippen LogP contribution in [0, 0.1) is 6.92 Å². The lowest BCUT2D eigenvalue weighted by Gasteiger charge is -2.13. The van der Waals surface area contributed by atoms with Crippen LogP contribution >= 0.6 is 0 Å². The topological polar surface area (TPSA) is 44.6 Å². The average Bonchev–Trinajstić information content (AvgIpc) is 2.14. The van der Waals surface area contributed by atoms with Gasteiger partial charge in [-0.2, -0.15) is 13.2 Å². The lowest BCUT2D eigenvalue weighted by Crippen LogP contribution is -3.02. The highest BCUT2D eigenvalue weighted by Gasteiger charge is 2.32. The molecule has 0 aliphatic rings. The maximum atomic E-state index is 12.3. The minimum atomic E-state index is -4.53. The van der Waals surface area contributed by atoms with E-state index in [0.717, 1.165) is 25.1 Å². The normalized spacial score (nSPS) is 10.9. The molecule has 0 unspecified atom stereocenters. The number of rotatable bonds is 1. The molecule has 0 radical (unpaired) electrons. The number of hydrogen-bond acceptors (Lipinski definition) is 2. The number of carbonyl (C=O) groups is 1. The first-order valence-corrected chi connectivity index (χ1v) is 5.22. The third-order valence-corrected chi connectivity index (χ3v) is 1.86. The van der Waals surface area contributed by atoms with Crippen molar-refractivity contribution >= 4 is 5.97 Å². The van der Waals surface area contributed by atoms with E-state index in [-0.39, 0.29) is 5.56 Å². The molecule has 0 aromatic heterocycles. The molecule has 6 heteroatoms. The predicted octanol–water partition coefficient (Wildman–Crippen LogP) is 0.138. The summed E-state index contributed by atoms with van der Waals surface area (Å²) in [5, 5.41) is 10.4. The van der Waals surface area contributed by atoms with Gasteiger partial charge in [-0.15, -0.1) is 0 Å². The second-order valence-electron chi connectivity index (χ2n) is 4.26. The van der Waals surface area contributed by atoms with Gasteiger partial charge in [0.05, 0.1) is 32.7 Å². The van der Waals surface area contributed by atoms with Crippen molar-refractivity contribution in [2.24, 2.45) is 0 Å². The Morgan fingerprint density at radius 3 is 2.00 bits per heavy atom. The van der Waals surface area contributed by atoms with Crippen molar-refractivity contribution in [1.82, 2.24) is 0 Å². The van der Waals surface area contributed by atoms with E-state index in [4.69, 9.17) is 0 Å². The Bertz CT molecular complexity index is 412. The van der Waals surface area contributed by atoms with Crippen LogP contribution < -0.4 is 10.0 Å². The molecular weight excluding hydrogens is 247 g/mol. The van der Waals surface area contributed by atoms with Crippen molar-refractivity contribution in [2.45, 2.75) is 13.1 Å². The molecule has 0 bridgehead atoms. The van der Waals surface area contributed by atoms with Gasteiger partial charge in [0.15, 0.2) is 0 Å². The van der Waals surface area contributed by atoms with Crippen LogP contribution in [0.1, 0.15) is 21.5 Å². The molecule has 0 saturated heterocycles. The summed E-state index contributed by atoms with van der Waals surface area (Å²) in [6.07, 6.45) is -4.53. The summed E-state index contributed by atoms with van der Waals surface area (Å²) >= 11 is 0. The second-order valence-corrected chi connectivity index (χ2v) is 4.26. The van der Waals surface area contributed by atoms with E-state index in [1.165, 1.54) is 4.90 Å². The van der Waals surface area contributed by atoms with Gasteiger partial charge in [-0.3, -0.25) is 0 Å². The molecule has 102 valence electrons. The number of carbonyl (C=O) groups excluding carboxylic acids is 1. The van der Waals surface area contributed by atoms with E-state index in [0.29, 0.717) is 0 Å². The first kappa shape index (κ1) is 16.4. The molecule has 0 aliphatic heterocycles. The summed E-state index contributed by atoms with van der Waals surface area (Å²) in [6, 6.07) is 2.96. The molecule has 1 aromatic carbocycles. The first-order chi connectivity index (χ1) is 8.07. The fourth-order valence-corrected chi connectivity index (χ4v) is 1.16. The summed E-state index contributed by atoms with van der Waals surface area (Å²) in [5.74, 6) is -1.60. The quantitative estimate of drug-likeness (QED) is 0.783. The van der Waals surface area contributed by atoms with Crippen LogP contribution in [0.2, 0.25) is 0 Å². The smallest absolute Gasteiger partial charge is 0.416 e. The number of halogens is 3. The molecule has 3 nitrogen and oxygen atoms in total. The zero-order valence-corrected chi connectivity index (χ0v) is 10.7. The molecule has 0 fully saturated rings. The zero-order valence-electron chi connectivity index (χ0n) is 10.7. The molecule has 0 atom stereocenters. The maximum Gasteiger partial charge on any atom is 0.416 e. The van der Waals surface area contributed by atoms with Crippen LogP contribution in [-0.2, 0) is 6.18 Å². The standard InChI is InChI=1S/C9H7F3O2.C3H9N/c1-5-6(8(13)14)3-2-4-7(5)9(10,11)12;1-4(2)3/h2-4H,1H3,(H,13,14);1-3H3. The molecule has 0 saturated carbocycles. The lowest BCUT2D eigenvalue weighted by atomic mass is 10.0. The molecule has 1 rings (SSSR count). The van der Waals surface area contributed by atoms with Crippen molar-refractivity contribution in [2.75, 3.05) is 21.1 Å². The SMILES string of the molecule is C[NH+](C)C.Cc1c(C(=O)[O-])cccc1C(F)(F)F. The summed E-state index contributed by atoms with van der Waals surface area (Å²) in [5.41, 5.74) is -1.70. The number of nitrogens with one attached hydrogen (secondary N) is 1. The number of carboxylic acid groups (broad SMARTS) is 1. The Morgan fingerprint density at radius 2 is 1.67 bits per heavy atom. The summed E-state index contributed by atoms with van der Waals surface area (Å²) in [6.45, 7) is 1.11. The van der Waals surface area contributed by atoms with Gasteiger partial charge in [-0.1, -0.05) is 12.1 Å². The predicted molar refractivity (Wildman–Crippen MR) is 59.2 cm³/mol. The summed E-state index contributed by atoms with van der Waals surface area (Å²) < 4.78 is 36.8. The van der Waals surface area contributed by atoms with Gasteiger partial charge < -0.3 is 14.8 Å².